The van der Waals surface area contributed by atoms with Gasteiger partial charge in [-0.25, -0.2) is 0 Å². The molecule has 0 unspecified atom stereocenters. The van der Waals surface area contributed by atoms with E-state index in [1.807, 2.05) is 19.9 Å². The van der Waals surface area contributed by atoms with E-state index >= 15 is 0 Å². The topological polar surface area (TPSA) is 0 Å². The Hall–Kier alpha value is 0.0600. The summed E-state index contributed by atoms with van der Waals surface area (Å²) in [5.74, 6) is 0.424. The third-order valence-corrected chi connectivity index (χ3v) is 1.39. The second-order valence-corrected chi connectivity index (χ2v) is 3.03. The molecule has 2 heteroatoms. The smallest absolute Gasteiger partial charge is 0.0549 e. The Morgan fingerprint density at radius 2 is 1.89 bits per heavy atom. The molecule has 0 N–H and O–H groups in total. The summed E-state index contributed by atoms with van der Waals surface area (Å²) in [5.41, 5.74) is 0. The minimum absolute atomic E-state index is 0.408. The normalized spacial score (nSPS) is 12.3. The standard InChI is InChI=1S/C7H10Cl2/c1-5(2)4-7(9)6(3)8/h4-5H,3H2,1-2H3/b7-4+. The summed E-state index contributed by atoms with van der Waals surface area (Å²) in [7, 11) is 0. The zero-order valence-corrected chi connectivity index (χ0v) is 7.13. The fraction of sp³-hybridized carbons (Fsp3) is 0.429. The largest absolute Gasteiger partial charge is 0.0834 e. The minimum Gasteiger partial charge on any atom is -0.0834 e. The molecule has 0 radical (unpaired) electrons. The lowest BCUT2D eigenvalue weighted by Gasteiger charge is -1.96. The van der Waals surface area contributed by atoms with Crippen LogP contribution >= 0.6 is 23.2 Å². The molecule has 0 aromatic rings. The molecule has 0 nitrogen and oxygen atoms in total. The predicted molar refractivity (Wildman–Crippen MR) is 43.8 cm³/mol. The lowest BCUT2D eigenvalue weighted by molar-refractivity contribution is 0.830. The first-order valence-electron chi connectivity index (χ1n) is 2.76. The Morgan fingerprint density at radius 1 is 1.44 bits per heavy atom. The highest BCUT2D eigenvalue weighted by Gasteiger charge is 1.94. The molecule has 0 fully saturated rings. The highest BCUT2D eigenvalue weighted by Crippen LogP contribution is 2.18. The first-order chi connectivity index (χ1) is 4.04. The van der Waals surface area contributed by atoms with Crippen LogP contribution < -0.4 is 0 Å². The Labute approximate surface area is 66.2 Å². The van der Waals surface area contributed by atoms with Crippen molar-refractivity contribution in [2.24, 2.45) is 5.92 Å². The van der Waals surface area contributed by atoms with Crippen LogP contribution in [0.2, 0.25) is 0 Å². The maximum atomic E-state index is 5.64. The predicted octanol–water partition coefficient (Wildman–Crippen LogP) is 3.52. The Bertz CT molecular complexity index is 134. The molecule has 0 aromatic carbocycles. The molecule has 0 aliphatic rings. The van der Waals surface area contributed by atoms with E-state index < -0.39 is 0 Å². The van der Waals surface area contributed by atoms with E-state index in [-0.39, 0.29) is 0 Å². The van der Waals surface area contributed by atoms with Crippen molar-refractivity contribution in [3.63, 3.8) is 0 Å². The molecule has 0 aromatic heterocycles. The maximum absolute atomic E-state index is 5.64. The van der Waals surface area contributed by atoms with Crippen molar-refractivity contribution in [1.29, 1.82) is 0 Å². The summed E-state index contributed by atoms with van der Waals surface area (Å²) in [5, 5.41) is 0.956. The van der Waals surface area contributed by atoms with E-state index in [0.717, 1.165) is 0 Å². The first-order valence-corrected chi connectivity index (χ1v) is 3.51. The van der Waals surface area contributed by atoms with Gasteiger partial charge < -0.3 is 0 Å². The SMILES string of the molecule is C=C(Cl)/C(Cl)=C\C(C)C. The van der Waals surface area contributed by atoms with E-state index in [0.29, 0.717) is 16.0 Å². The van der Waals surface area contributed by atoms with Crippen LogP contribution in [0.5, 0.6) is 0 Å². The van der Waals surface area contributed by atoms with Gasteiger partial charge in [0.25, 0.3) is 0 Å². The third kappa shape index (κ3) is 4.56. The summed E-state index contributed by atoms with van der Waals surface area (Å²) >= 11 is 11.1. The van der Waals surface area contributed by atoms with Gasteiger partial charge in [-0.2, -0.15) is 0 Å². The number of hydrogen-bond acceptors (Lipinski definition) is 0. The maximum Gasteiger partial charge on any atom is 0.0549 e. The number of allylic oxidation sites excluding steroid dienone is 3. The highest BCUT2D eigenvalue weighted by molar-refractivity contribution is 6.43. The van der Waals surface area contributed by atoms with E-state index in [1.54, 1.807) is 0 Å². The van der Waals surface area contributed by atoms with Crippen LogP contribution in [0.15, 0.2) is 22.7 Å². The second kappa shape index (κ2) is 3.97. The van der Waals surface area contributed by atoms with Crippen molar-refractivity contribution in [2.75, 3.05) is 0 Å². The molecule has 9 heavy (non-hydrogen) atoms. The van der Waals surface area contributed by atoms with Crippen molar-refractivity contribution in [1.82, 2.24) is 0 Å². The summed E-state index contributed by atoms with van der Waals surface area (Å²) in [4.78, 5) is 0. The van der Waals surface area contributed by atoms with Crippen LogP contribution in [-0.2, 0) is 0 Å². The van der Waals surface area contributed by atoms with Crippen molar-refractivity contribution in [3.8, 4) is 0 Å². The summed E-state index contributed by atoms with van der Waals surface area (Å²) in [6.45, 7) is 7.53. The third-order valence-electron chi connectivity index (χ3n) is 0.739. The molecular formula is C7H10Cl2. The fourth-order valence-corrected chi connectivity index (χ4v) is 0.698. The first kappa shape index (κ1) is 9.06. The van der Waals surface area contributed by atoms with Crippen molar-refractivity contribution < 1.29 is 0 Å². The van der Waals surface area contributed by atoms with Crippen molar-refractivity contribution in [2.45, 2.75) is 13.8 Å². The molecule has 0 saturated heterocycles. The van der Waals surface area contributed by atoms with E-state index in [2.05, 4.69) is 6.58 Å². The monoisotopic (exact) mass is 164 g/mol. The molecule has 0 saturated carbocycles. The number of rotatable bonds is 2. The van der Waals surface area contributed by atoms with Gasteiger partial charge >= 0.3 is 0 Å². The van der Waals surface area contributed by atoms with Gasteiger partial charge in [-0.05, 0) is 5.92 Å². The van der Waals surface area contributed by atoms with Gasteiger partial charge in [0.2, 0.25) is 0 Å². The van der Waals surface area contributed by atoms with Gasteiger partial charge in [0, 0.05) is 0 Å². The van der Waals surface area contributed by atoms with Gasteiger partial charge in [0.05, 0.1) is 10.1 Å². The summed E-state index contributed by atoms with van der Waals surface area (Å²) in [6, 6.07) is 0. The zero-order valence-electron chi connectivity index (χ0n) is 5.62. The zero-order chi connectivity index (χ0) is 7.44. The fourth-order valence-electron chi connectivity index (χ4n) is 0.383. The van der Waals surface area contributed by atoms with Crippen LogP contribution in [-0.4, -0.2) is 0 Å². The van der Waals surface area contributed by atoms with E-state index in [4.69, 9.17) is 23.2 Å². The highest BCUT2D eigenvalue weighted by atomic mass is 35.5. The Balaban J connectivity index is 4.00. The summed E-state index contributed by atoms with van der Waals surface area (Å²) < 4.78 is 0. The molecule has 0 amide bonds. The lowest BCUT2D eigenvalue weighted by atomic mass is 10.2. The number of halogens is 2. The molecular weight excluding hydrogens is 155 g/mol. The molecule has 0 rings (SSSR count). The van der Waals surface area contributed by atoms with Crippen molar-refractivity contribution in [3.05, 3.63) is 22.7 Å². The van der Waals surface area contributed by atoms with Crippen molar-refractivity contribution >= 4 is 23.2 Å². The van der Waals surface area contributed by atoms with Gasteiger partial charge in [-0.1, -0.05) is 49.7 Å². The average Bonchev–Trinajstić information content (AvgIpc) is 1.63. The van der Waals surface area contributed by atoms with Gasteiger partial charge in [0.15, 0.2) is 0 Å². The molecule has 0 spiro atoms. The van der Waals surface area contributed by atoms with E-state index in [9.17, 15) is 0 Å². The van der Waals surface area contributed by atoms with Crippen LogP contribution in [0.1, 0.15) is 13.8 Å². The van der Waals surface area contributed by atoms with Gasteiger partial charge in [-0.3, -0.25) is 0 Å². The van der Waals surface area contributed by atoms with Gasteiger partial charge in [-0.15, -0.1) is 0 Å². The average molecular weight is 165 g/mol. The Kier molecular flexibility index (Phi) is 4.00. The number of hydrogen-bond donors (Lipinski definition) is 0. The van der Waals surface area contributed by atoms with Gasteiger partial charge in [0.1, 0.15) is 0 Å². The van der Waals surface area contributed by atoms with Crippen LogP contribution in [0.25, 0.3) is 0 Å². The molecule has 0 atom stereocenters. The molecule has 0 heterocycles. The molecule has 0 bridgehead atoms. The van der Waals surface area contributed by atoms with E-state index in [1.165, 1.54) is 0 Å². The second-order valence-electron chi connectivity index (χ2n) is 2.16. The molecule has 0 aliphatic carbocycles. The minimum atomic E-state index is 0.408. The molecule has 0 aliphatic heterocycles. The van der Waals surface area contributed by atoms with Crippen LogP contribution in [0, 0.1) is 5.92 Å². The summed E-state index contributed by atoms with van der Waals surface area (Å²) in [6.07, 6.45) is 1.86. The quantitative estimate of drug-likeness (QED) is 0.549. The lowest BCUT2D eigenvalue weighted by Crippen LogP contribution is -1.80. The molecule has 52 valence electrons. The van der Waals surface area contributed by atoms with Crippen LogP contribution in [0.3, 0.4) is 0 Å². The Morgan fingerprint density at radius 3 is 2.00 bits per heavy atom. The van der Waals surface area contributed by atoms with Crippen LogP contribution in [0.4, 0.5) is 0 Å².